The summed E-state index contributed by atoms with van der Waals surface area (Å²) >= 11 is 0. The molecule has 0 radical (unpaired) electrons. The Hall–Kier alpha value is -5.93. The predicted molar refractivity (Wildman–Crippen MR) is 193 cm³/mol. The van der Waals surface area contributed by atoms with Crippen molar-refractivity contribution in [3.8, 4) is 34.5 Å². The van der Waals surface area contributed by atoms with Crippen molar-refractivity contribution in [2.45, 2.75) is 37.7 Å². The Morgan fingerprint density at radius 3 is 2.33 bits per heavy atom. The molecular weight excluding hydrogens is 673 g/mol. The Labute approximate surface area is 296 Å². The molecule has 5 aromatic rings. The Balaban J connectivity index is 1.40. The van der Waals surface area contributed by atoms with Gasteiger partial charge in [0.05, 0.1) is 25.2 Å². The van der Waals surface area contributed by atoms with Crippen molar-refractivity contribution in [1.82, 2.24) is 25.9 Å². The van der Waals surface area contributed by atoms with E-state index in [1.165, 1.54) is 18.6 Å². The first-order valence-corrected chi connectivity index (χ1v) is 17.5. The number of sulfonamides is 1. The highest BCUT2D eigenvalue weighted by Gasteiger charge is 2.26. The maximum Gasteiger partial charge on any atom is 0.263 e. The Kier molecular flexibility index (Phi) is 10.5. The van der Waals surface area contributed by atoms with Crippen LogP contribution in [0.25, 0.3) is 11.4 Å². The number of rotatable bonds is 14. The van der Waals surface area contributed by atoms with E-state index in [-0.39, 0.29) is 52.5 Å². The van der Waals surface area contributed by atoms with E-state index in [0.717, 1.165) is 11.1 Å². The zero-order chi connectivity index (χ0) is 35.8. The number of methoxy groups -OCH3 is 1. The van der Waals surface area contributed by atoms with Gasteiger partial charge in [0.2, 0.25) is 5.75 Å². The molecule has 1 aliphatic rings. The third-order valence-electron chi connectivity index (χ3n) is 7.60. The lowest BCUT2D eigenvalue weighted by molar-refractivity contribution is 0.0866. The summed E-state index contributed by atoms with van der Waals surface area (Å²) in [4.78, 5) is 13.8. The van der Waals surface area contributed by atoms with Crippen LogP contribution in [0, 0.1) is 0 Å². The van der Waals surface area contributed by atoms with Crippen molar-refractivity contribution < 1.29 is 27.4 Å². The first-order chi connectivity index (χ1) is 24.6. The van der Waals surface area contributed by atoms with Crippen molar-refractivity contribution in [1.29, 1.82) is 0 Å². The molecule has 6 rings (SSSR count). The molecule has 0 spiro atoms. The number of pyridine rings is 1. The molecule has 264 valence electrons. The van der Waals surface area contributed by atoms with E-state index in [9.17, 15) is 8.42 Å². The molecule has 3 aromatic carbocycles. The molecule has 0 aliphatic carbocycles. The van der Waals surface area contributed by atoms with Crippen LogP contribution < -0.4 is 35.0 Å². The minimum Gasteiger partial charge on any atom is -0.493 e. The number of hydrogen-bond donors (Lipinski definition) is 3. The number of ether oxygens (including phenoxy) is 4. The topological polar surface area (TPSA) is 161 Å². The van der Waals surface area contributed by atoms with Gasteiger partial charge in [0.1, 0.15) is 12.9 Å². The first-order valence-electron chi connectivity index (χ1n) is 16.0. The maximum atomic E-state index is 14.0. The molecule has 0 bridgehead atoms. The number of hydrazone groups is 1. The van der Waals surface area contributed by atoms with Gasteiger partial charge in [-0.15, -0.1) is 5.10 Å². The first kappa shape index (κ1) is 34.9. The van der Waals surface area contributed by atoms with Crippen molar-refractivity contribution in [3.63, 3.8) is 0 Å². The summed E-state index contributed by atoms with van der Waals surface area (Å²) in [7, 11) is -2.69. The number of hydrazine groups is 2. The number of nitrogens with one attached hydrogen (secondary N) is 3. The van der Waals surface area contributed by atoms with E-state index in [2.05, 4.69) is 51.5 Å². The fraction of sp³-hybridized carbons (Fsp3) is 0.222. The summed E-state index contributed by atoms with van der Waals surface area (Å²) < 4.78 is 54.4. The molecule has 3 N–H and O–H groups in total. The summed E-state index contributed by atoms with van der Waals surface area (Å²) in [6.45, 7) is 6.81. The lowest BCUT2D eigenvalue weighted by Crippen LogP contribution is -2.39. The molecule has 1 aliphatic heterocycles. The van der Waals surface area contributed by atoms with Crippen molar-refractivity contribution >= 4 is 28.0 Å². The minimum atomic E-state index is -4.19. The number of nitrogens with zero attached hydrogens (tertiary/aromatic N) is 5. The number of para-hydroxylation sites is 2. The van der Waals surface area contributed by atoms with Gasteiger partial charge in [-0.3, -0.25) is 10.1 Å². The molecule has 51 heavy (non-hydrogen) atoms. The SMILES string of the molecule is COc1ccccc1Oc1c(NS(=O)(=O)c2ccc(C(C)(C)C)cc2)nc(-c2ccnc(N3NC=NN3)c2)nc1OCCOCc1ccccc1. The second kappa shape index (κ2) is 15.3. The largest absolute Gasteiger partial charge is 0.493 e. The van der Waals surface area contributed by atoms with Gasteiger partial charge in [-0.05, 0) is 52.9 Å². The smallest absolute Gasteiger partial charge is 0.263 e. The molecule has 2 aromatic heterocycles. The van der Waals surface area contributed by atoms with Crippen LogP contribution in [-0.4, -0.2) is 50.0 Å². The van der Waals surface area contributed by atoms with E-state index in [1.807, 2.05) is 30.3 Å². The number of hydrogen-bond acceptors (Lipinski definition) is 13. The van der Waals surface area contributed by atoms with E-state index in [4.69, 9.17) is 23.9 Å². The Morgan fingerprint density at radius 2 is 1.63 bits per heavy atom. The van der Waals surface area contributed by atoms with Gasteiger partial charge < -0.3 is 18.9 Å². The van der Waals surface area contributed by atoms with Crippen LogP contribution in [0.2, 0.25) is 0 Å². The van der Waals surface area contributed by atoms with Crippen LogP contribution >= 0.6 is 0 Å². The van der Waals surface area contributed by atoms with E-state index >= 15 is 0 Å². The second-order valence-corrected chi connectivity index (χ2v) is 14.0. The van der Waals surface area contributed by atoms with Gasteiger partial charge in [0, 0.05) is 11.8 Å². The number of benzene rings is 3. The van der Waals surface area contributed by atoms with Gasteiger partial charge in [-0.25, -0.2) is 18.4 Å². The molecular formula is C36H38N8O6S. The van der Waals surface area contributed by atoms with Gasteiger partial charge in [0.15, 0.2) is 29.0 Å². The van der Waals surface area contributed by atoms with Crippen LogP contribution in [0.3, 0.4) is 0 Å². The lowest BCUT2D eigenvalue weighted by atomic mass is 9.87. The van der Waals surface area contributed by atoms with Crippen LogP contribution in [-0.2, 0) is 26.8 Å². The lowest BCUT2D eigenvalue weighted by Gasteiger charge is -2.20. The summed E-state index contributed by atoms with van der Waals surface area (Å²) in [5, 5.41) is 5.41. The summed E-state index contributed by atoms with van der Waals surface area (Å²) in [6.07, 6.45) is 3.02. The van der Waals surface area contributed by atoms with Gasteiger partial charge in [0.25, 0.3) is 15.9 Å². The van der Waals surface area contributed by atoms with Gasteiger partial charge in [-0.2, -0.15) is 15.6 Å². The zero-order valence-electron chi connectivity index (χ0n) is 28.5. The Morgan fingerprint density at radius 1 is 0.882 bits per heavy atom. The fourth-order valence-corrected chi connectivity index (χ4v) is 5.92. The molecule has 0 saturated heterocycles. The third kappa shape index (κ3) is 8.63. The van der Waals surface area contributed by atoms with Gasteiger partial charge in [-0.1, -0.05) is 75.4 Å². The predicted octanol–water partition coefficient (Wildman–Crippen LogP) is 5.81. The molecule has 0 atom stereocenters. The molecule has 0 amide bonds. The Bertz CT molecular complexity index is 2080. The minimum absolute atomic E-state index is 0.0332. The van der Waals surface area contributed by atoms with Crippen molar-refractivity contribution in [3.05, 3.63) is 108 Å². The maximum absolute atomic E-state index is 14.0. The second-order valence-electron chi connectivity index (χ2n) is 12.3. The molecule has 0 unspecified atom stereocenters. The average Bonchev–Trinajstić information content (AvgIpc) is 3.68. The standard InChI is InChI=1S/C36H38N8O6S/c1-36(2,3)27-14-16-28(17-15-27)51(45,46)42-34-32(50-30-13-9-8-12-29(30)47-4)35(49-21-20-48-23-25-10-6-5-7-11-25)41-33(40-34)26-18-19-37-31(22-26)44-39-24-38-43-44/h5-19,22,24,43H,20-21,23H2,1-4H3,(H,38,39)(H,40,41,42). The van der Waals surface area contributed by atoms with Crippen LogP contribution in [0.5, 0.6) is 23.1 Å². The highest BCUT2D eigenvalue weighted by atomic mass is 32.2. The van der Waals surface area contributed by atoms with E-state index in [1.54, 1.807) is 66.9 Å². The molecule has 14 nitrogen and oxygen atoms in total. The molecule has 0 saturated carbocycles. The highest BCUT2D eigenvalue weighted by molar-refractivity contribution is 7.92. The van der Waals surface area contributed by atoms with Crippen molar-refractivity contribution in [2.75, 3.05) is 30.2 Å². The monoisotopic (exact) mass is 710 g/mol. The molecule has 0 fully saturated rings. The van der Waals surface area contributed by atoms with E-state index in [0.29, 0.717) is 23.7 Å². The number of aromatic nitrogens is 3. The summed E-state index contributed by atoms with van der Waals surface area (Å²) in [5.74, 6) is 0.990. The normalized spacial score (nSPS) is 12.6. The number of anilines is 2. The average molecular weight is 711 g/mol. The third-order valence-corrected chi connectivity index (χ3v) is 8.95. The molecule has 15 heteroatoms. The van der Waals surface area contributed by atoms with Crippen molar-refractivity contribution in [2.24, 2.45) is 5.10 Å². The van der Waals surface area contributed by atoms with Crippen LogP contribution in [0.15, 0.2) is 107 Å². The summed E-state index contributed by atoms with van der Waals surface area (Å²) in [5.41, 5.74) is 7.99. The summed E-state index contributed by atoms with van der Waals surface area (Å²) in [6, 6.07) is 26.8. The van der Waals surface area contributed by atoms with E-state index < -0.39 is 10.0 Å². The van der Waals surface area contributed by atoms with Crippen LogP contribution in [0.4, 0.5) is 11.6 Å². The fourth-order valence-electron chi connectivity index (χ4n) is 4.91. The quantitative estimate of drug-likeness (QED) is 0.119. The molecule has 3 heterocycles. The van der Waals surface area contributed by atoms with Gasteiger partial charge >= 0.3 is 0 Å². The zero-order valence-corrected chi connectivity index (χ0v) is 29.3. The highest BCUT2D eigenvalue weighted by Crippen LogP contribution is 2.42. The van der Waals surface area contributed by atoms with Crippen LogP contribution in [0.1, 0.15) is 31.9 Å².